The lowest BCUT2D eigenvalue weighted by Gasteiger charge is -2.28. The molecule has 2 aromatic rings. The highest BCUT2D eigenvalue weighted by Crippen LogP contribution is 2.21. The Kier molecular flexibility index (Phi) is 10.1. The Hall–Kier alpha value is -1.78. The maximum atomic E-state index is 12.3. The molecule has 9 heteroatoms. The van der Waals surface area contributed by atoms with Gasteiger partial charge in [0.1, 0.15) is 18.5 Å². The van der Waals surface area contributed by atoms with E-state index in [4.69, 9.17) is 23.0 Å². The molecule has 8 nitrogen and oxygen atoms in total. The van der Waals surface area contributed by atoms with Crippen molar-refractivity contribution in [2.24, 2.45) is 0 Å². The zero-order valence-corrected chi connectivity index (χ0v) is 20.3. The van der Waals surface area contributed by atoms with Crippen LogP contribution in [-0.2, 0) is 35.8 Å². The number of benzene rings is 1. The average Bonchev–Trinajstić information content (AvgIpc) is 3.10. The zero-order chi connectivity index (χ0) is 22.9. The van der Waals surface area contributed by atoms with Gasteiger partial charge in [-0.1, -0.05) is 19.1 Å². The minimum atomic E-state index is -2.89. The van der Waals surface area contributed by atoms with Gasteiger partial charge < -0.3 is 27.7 Å². The Morgan fingerprint density at radius 2 is 1.77 bits per heavy atom. The summed E-state index contributed by atoms with van der Waals surface area (Å²) in [5.74, 6) is 0.493. The number of aliphatic hydroxyl groups is 1. The zero-order valence-electron chi connectivity index (χ0n) is 19.3. The van der Waals surface area contributed by atoms with E-state index in [9.17, 15) is 9.90 Å². The summed E-state index contributed by atoms with van der Waals surface area (Å²) in [6.45, 7) is 11.3. The van der Waals surface area contributed by atoms with Crippen LogP contribution in [0.25, 0.3) is 11.0 Å². The molecule has 2 rings (SSSR count). The number of imidazole rings is 1. The van der Waals surface area contributed by atoms with Gasteiger partial charge in [0.25, 0.3) is 0 Å². The lowest BCUT2D eigenvalue weighted by molar-refractivity contribution is -0.146. The highest BCUT2D eigenvalue weighted by molar-refractivity contribution is 6.60. The molecule has 0 aliphatic rings. The first-order valence-electron chi connectivity index (χ1n) is 11.1. The quantitative estimate of drug-likeness (QED) is 0.347. The van der Waals surface area contributed by atoms with Crippen molar-refractivity contribution in [3.63, 3.8) is 0 Å². The predicted octanol–water partition coefficient (Wildman–Crippen LogP) is 3.25. The Bertz CT molecular complexity index is 824. The van der Waals surface area contributed by atoms with Crippen LogP contribution in [0.15, 0.2) is 18.2 Å². The van der Waals surface area contributed by atoms with Gasteiger partial charge in [-0.25, -0.2) is 4.98 Å². The third-order valence-electron chi connectivity index (χ3n) is 4.93. The molecule has 0 amide bonds. The summed E-state index contributed by atoms with van der Waals surface area (Å²) in [6, 6.07) is 6.34. The van der Waals surface area contributed by atoms with Gasteiger partial charge in [-0.2, -0.15) is 0 Å². The fourth-order valence-corrected chi connectivity index (χ4v) is 6.10. The number of rotatable bonds is 14. The van der Waals surface area contributed by atoms with Crippen molar-refractivity contribution < 1.29 is 27.9 Å². The van der Waals surface area contributed by atoms with E-state index < -0.39 is 20.9 Å². The summed E-state index contributed by atoms with van der Waals surface area (Å²) in [7, 11) is -2.89. The number of esters is 1. The van der Waals surface area contributed by atoms with Crippen LogP contribution in [0.5, 0.6) is 0 Å². The molecular formula is C22H36N2O6Si. The van der Waals surface area contributed by atoms with Crippen molar-refractivity contribution in [3.8, 4) is 0 Å². The van der Waals surface area contributed by atoms with E-state index in [0.29, 0.717) is 32.4 Å². The Morgan fingerprint density at radius 1 is 1.13 bits per heavy atom. The third kappa shape index (κ3) is 6.85. The molecule has 0 aliphatic carbocycles. The standard InChI is InChI=1S/C22H36N2O6Si/c1-6-20-23-22-17(5)11-10-12-19(22)24(20)15-18(25)16-27-21(26)13-14-31(28-7-2,29-8-3)30-9-4/h10-12,18,25H,6-9,13-16H2,1-5H3. The lowest BCUT2D eigenvalue weighted by atomic mass is 10.2. The number of aryl methyl sites for hydroxylation is 2. The van der Waals surface area contributed by atoms with Gasteiger partial charge in [0.2, 0.25) is 0 Å². The van der Waals surface area contributed by atoms with Gasteiger partial charge in [0, 0.05) is 38.7 Å². The van der Waals surface area contributed by atoms with Crippen LogP contribution in [0.2, 0.25) is 6.04 Å². The second-order valence-corrected chi connectivity index (χ2v) is 9.99. The van der Waals surface area contributed by atoms with Gasteiger partial charge in [0.05, 0.1) is 17.6 Å². The molecule has 1 atom stereocenters. The monoisotopic (exact) mass is 452 g/mol. The minimum absolute atomic E-state index is 0.0834. The molecule has 0 aliphatic heterocycles. The van der Waals surface area contributed by atoms with E-state index in [1.807, 2.05) is 57.4 Å². The maximum absolute atomic E-state index is 12.3. The summed E-state index contributed by atoms with van der Waals surface area (Å²) < 4.78 is 24.6. The smallest absolute Gasteiger partial charge is 0.463 e. The largest absolute Gasteiger partial charge is 0.501 e. The fraction of sp³-hybridized carbons (Fsp3) is 0.636. The van der Waals surface area contributed by atoms with Crippen molar-refractivity contribution >= 4 is 25.8 Å². The van der Waals surface area contributed by atoms with Crippen molar-refractivity contribution in [1.82, 2.24) is 9.55 Å². The van der Waals surface area contributed by atoms with Crippen LogP contribution in [0, 0.1) is 6.92 Å². The molecule has 31 heavy (non-hydrogen) atoms. The van der Waals surface area contributed by atoms with Crippen LogP contribution in [0.3, 0.4) is 0 Å². The SMILES string of the molecule is CCO[Si](CCC(=O)OCC(O)Cn1c(CC)nc2c(C)cccc21)(OCC)OCC. The van der Waals surface area contributed by atoms with Crippen molar-refractivity contribution in [1.29, 1.82) is 0 Å². The van der Waals surface area contributed by atoms with E-state index in [1.54, 1.807) is 0 Å². The number of aromatic nitrogens is 2. The van der Waals surface area contributed by atoms with Crippen LogP contribution in [-0.4, -0.2) is 62.0 Å². The van der Waals surface area contributed by atoms with Gasteiger partial charge in [0.15, 0.2) is 0 Å². The molecule has 1 aromatic carbocycles. The number of fused-ring (bicyclic) bond motifs is 1. The Balaban J connectivity index is 1.94. The molecule has 0 bridgehead atoms. The van der Waals surface area contributed by atoms with Gasteiger partial charge >= 0.3 is 14.8 Å². The molecule has 1 N–H and O–H groups in total. The maximum Gasteiger partial charge on any atom is 0.501 e. The van der Waals surface area contributed by atoms with E-state index in [-0.39, 0.29) is 13.0 Å². The molecular weight excluding hydrogens is 416 g/mol. The number of hydrogen-bond acceptors (Lipinski definition) is 7. The van der Waals surface area contributed by atoms with E-state index in [1.165, 1.54) is 0 Å². The fourth-order valence-electron chi connectivity index (χ4n) is 3.59. The van der Waals surface area contributed by atoms with Crippen LogP contribution in [0.1, 0.15) is 45.5 Å². The van der Waals surface area contributed by atoms with Gasteiger partial charge in [-0.3, -0.25) is 4.79 Å². The Labute approximate surface area is 185 Å². The Morgan fingerprint density at radius 3 is 2.35 bits per heavy atom. The first-order chi connectivity index (χ1) is 14.9. The summed E-state index contributed by atoms with van der Waals surface area (Å²) in [5.41, 5.74) is 3.01. The van der Waals surface area contributed by atoms with Crippen molar-refractivity contribution in [2.75, 3.05) is 26.4 Å². The molecule has 174 valence electrons. The number of carbonyl (C=O) groups excluding carboxylic acids is 1. The molecule has 1 heterocycles. The van der Waals surface area contributed by atoms with Crippen molar-refractivity contribution in [2.45, 2.75) is 66.2 Å². The highest BCUT2D eigenvalue weighted by Gasteiger charge is 2.40. The van der Waals surface area contributed by atoms with E-state index in [2.05, 4.69) is 0 Å². The number of para-hydroxylation sites is 1. The summed E-state index contributed by atoms with van der Waals surface area (Å²) in [6.07, 6.45) is 0.0336. The highest BCUT2D eigenvalue weighted by atomic mass is 28.4. The first kappa shape index (κ1) is 25.5. The van der Waals surface area contributed by atoms with Gasteiger partial charge in [-0.15, -0.1) is 0 Å². The average molecular weight is 453 g/mol. The number of carbonyl (C=O) groups is 1. The molecule has 0 saturated heterocycles. The van der Waals surface area contributed by atoms with Crippen LogP contribution in [0.4, 0.5) is 0 Å². The second-order valence-electron chi connectivity index (χ2n) is 7.25. The van der Waals surface area contributed by atoms with E-state index in [0.717, 1.165) is 28.8 Å². The van der Waals surface area contributed by atoms with E-state index >= 15 is 0 Å². The molecule has 0 saturated carbocycles. The number of ether oxygens (including phenoxy) is 1. The first-order valence-corrected chi connectivity index (χ1v) is 13.0. The minimum Gasteiger partial charge on any atom is -0.463 e. The number of aliphatic hydroxyl groups excluding tert-OH is 1. The normalized spacial score (nSPS) is 13.0. The molecule has 1 aromatic heterocycles. The summed E-state index contributed by atoms with van der Waals surface area (Å²) >= 11 is 0. The molecule has 0 radical (unpaired) electrons. The number of nitrogens with zero attached hydrogens (tertiary/aromatic N) is 2. The van der Waals surface area contributed by atoms with Crippen LogP contribution < -0.4 is 0 Å². The molecule has 0 fully saturated rings. The predicted molar refractivity (Wildman–Crippen MR) is 121 cm³/mol. The summed E-state index contributed by atoms with van der Waals surface area (Å²) in [5, 5.41) is 10.5. The van der Waals surface area contributed by atoms with Crippen LogP contribution >= 0.6 is 0 Å². The van der Waals surface area contributed by atoms with Gasteiger partial charge in [-0.05, 0) is 39.3 Å². The lowest BCUT2D eigenvalue weighted by Crippen LogP contribution is -2.46. The molecule has 1 unspecified atom stereocenters. The molecule has 0 spiro atoms. The topological polar surface area (TPSA) is 92.0 Å². The second kappa shape index (κ2) is 12.3. The third-order valence-corrected chi connectivity index (χ3v) is 7.98. The summed E-state index contributed by atoms with van der Waals surface area (Å²) in [4.78, 5) is 17.0. The van der Waals surface area contributed by atoms with Crippen molar-refractivity contribution in [3.05, 3.63) is 29.6 Å². The number of hydrogen-bond donors (Lipinski definition) is 1.